The van der Waals surface area contributed by atoms with Crippen LogP contribution in [0.25, 0.3) is 0 Å². The molecule has 12 nitrogen and oxygen atoms in total. The summed E-state index contributed by atoms with van der Waals surface area (Å²) in [4.78, 5) is 13.9. The van der Waals surface area contributed by atoms with Crippen LogP contribution in [-0.4, -0.2) is 72.9 Å². The van der Waals surface area contributed by atoms with Crippen molar-refractivity contribution >= 4 is 34.9 Å². The molecule has 3 aliphatic heterocycles. The largest absolute Gasteiger partial charge is 0.491 e. The fourth-order valence-corrected chi connectivity index (χ4v) is 3.98. The predicted octanol–water partition coefficient (Wildman–Crippen LogP) is 4.44. The van der Waals surface area contributed by atoms with Gasteiger partial charge in [-0.15, -0.1) is 0 Å². The number of hydrogen-bond donors (Lipinski definition) is 3. The van der Waals surface area contributed by atoms with E-state index in [-0.39, 0.29) is 18.3 Å². The molecule has 0 amide bonds. The molecule has 3 aliphatic rings. The molecule has 0 aliphatic carbocycles. The molecule has 4 aromatic rings. The predicted molar refractivity (Wildman–Crippen MR) is 155 cm³/mol. The van der Waals surface area contributed by atoms with Gasteiger partial charge in [-0.1, -0.05) is 18.2 Å². The number of anilines is 6. The van der Waals surface area contributed by atoms with Crippen molar-refractivity contribution in [2.24, 2.45) is 0 Å². The molecule has 0 spiro atoms. The first-order valence-electron chi connectivity index (χ1n) is 13.8. The van der Waals surface area contributed by atoms with Crippen LogP contribution in [-0.2, 0) is 14.2 Å². The lowest BCUT2D eigenvalue weighted by Crippen LogP contribution is -2.08. The molecule has 7 rings (SSSR count). The molecule has 0 bridgehead atoms. The van der Waals surface area contributed by atoms with Gasteiger partial charge in [0.15, 0.2) is 0 Å². The number of nitrogens with zero attached hydrogens (tertiary/aromatic N) is 3. The highest BCUT2D eigenvalue weighted by Gasteiger charge is 2.24. The van der Waals surface area contributed by atoms with Gasteiger partial charge < -0.3 is 44.4 Å². The maximum Gasteiger partial charge on any atom is 0.233 e. The lowest BCUT2D eigenvalue weighted by molar-refractivity contribution is 0.263. The second-order valence-corrected chi connectivity index (χ2v) is 10.1. The fourth-order valence-electron chi connectivity index (χ4n) is 3.98. The Morgan fingerprint density at radius 2 is 0.833 bits per heavy atom. The van der Waals surface area contributed by atoms with Crippen LogP contribution < -0.4 is 30.2 Å². The van der Waals surface area contributed by atoms with Crippen molar-refractivity contribution in [1.29, 1.82) is 0 Å². The minimum atomic E-state index is 0.171. The Hall–Kier alpha value is -4.65. The average Bonchev–Trinajstić information content (AvgIpc) is 3.85. The molecule has 0 radical (unpaired) electrons. The maximum atomic E-state index is 5.83. The quantitative estimate of drug-likeness (QED) is 0.174. The molecule has 3 unspecified atom stereocenters. The van der Waals surface area contributed by atoms with Crippen molar-refractivity contribution in [2.45, 2.75) is 18.3 Å². The van der Waals surface area contributed by atoms with Crippen LogP contribution >= 0.6 is 0 Å². The zero-order valence-electron chi connectivity index (χ0n) is 22.7. The second-order valence-electron chi connectivity index (χ2n) is 10.1. The molecule has 3 fully saturated rings. The Bertz CT molecular complexity index is 1340. The van der Waals surface area contributed by atoms with Gasteiger partial charge in [0, 0.05) is 35.3 Å². The summed E-state index contributed by atoms with van der Waals surface area (Å²) in [6, 6.07) is 22.8. The van der Waals surface area contributed by atoms with Gasteiger partial charge in [0.25, 0.3) is 0 Å². The van der Waals surface area contributed by atoms with E-state index < -0.39 is 0 Å². The van der Waals surface area contributed by atoms with Gasteiger partial charge in [-0.2, -0.15) is 15.0 Å². The van der Waals surface area contributed by atoms with Gasteiger partial charge in [0.1, 0.15) is 55.4 Å². The van der Waals surface area contributed by atoms with E-state index in [4.69, 9.17) is 28.4 Å². The lowest BCUT2D eigenvalue weighted by Gasteiger charge is -2.13. The Morgan fingerprint density at radius 3 is 1.12 bits per heavy atom. The third-order valence-electron chi connectivity index (χ3n) is 6.42. The summed E-state index contributed by atoms with van der Waals surface area (Å²) in [5.74, 6) is 3.20. The topological polar surface area (TPSA) is 140 Å². The molecule has 3 atom stereocenters. The number of epoxide rings is 3. The molecular formula is C30H30N6O6. The van der Waals surface area contributed by atoms with Crippen molar-refractivity contribution < 1.29 is 28.4 Å². The minimum Gasteiger partial charge on any atom is -0.491 e. The molecular weight excluding hydrogens is 540 g/mol. The highest BCUT2D eigenvalue weighted by Crippen LogP contribution is 2.27. The summed E-state index contributed by atoms with van der Waals surface area (Å²) in [5, 5.41) is 9.81. The van der Waals surface area contributed by atoms with E-state index in [0.717, 1.165) is 54.1 Å². The minimum absolute atomic E-state index is 0.171. The number of hydrogen-bond acceptors (Lipinski definition) is 12. The van der Waals surface area contributed by atoms with Gasteiger partial charge in [-0.05, 0) is 36.4 Å². The standard InChI is InChI=1S/C30H30N6O6/c1-4-19(10-22(7-1)37-13-25-16-40-25)31-28-34-29(32-20-5-2-8-23(11-20)38-14-26-17-41-26)36-30(35-28)33-21-6-3-9-24(12-21)39-15-27-18-42-27/h1-12,25-27H,13-18H2,(H3,31,32,33,34,35,36). The first-order valence-corrected chi connectivity index (χ1v) is 13.8. The third kappa shape index (κ3) is 7.75. The molecule has 4 heterocycles. The monoisotopic (exact) mass is 570 g/mol. The van der Waals surface area contributed by atoms with Crippen LogP contribution in [0.5, 0.6) is 17.2 Å². The number of benzene rings is 3. The van der Waals surface area contributed by atoms with Crippen molar-refractivity contribution in [2.75, 3.05) is 55.6 Å². The summed E-state index contributed by atoms with van der Waals surface area (Å²) in [7, 11) is 0. The van der Waals surface area contributed by atoms with Crippen LogP contribution in [0.1, 0.15) is 0 Å². The van der Waals surface area contributed by atoms with Gasteiger partial charge in [-0.3, -0.25) is 0 Å². The summed E-state index contributed by atoms with van der Waals surface area (Å²) >= 11 is 0. The van der Waals surface area contributed by atoms with E-state index in [2.05, 4.69) is 30.9 Å². The van der Waals surface area contributed by atoms with E-state index in [1.807, 2.05) is 72.8 Å². The Morgan fingerprint density at radius 1 is 0.524 bits per heavy atom. The Labute approximate surface area is 242 Å². The molecule has 1 aromatic heterocycles. The van der Waals surface area contributed by atoms with E-state index >= 15 is 0 Å². The summed E-state index contributed by atoms with van der Waals surface area (Å²) in [6.07, 6.45) is 0.512. The van der Waals surface area contributed by atoms with Crippen molar-refractivity contribution in [1.82, 2.24) is 15.0 Å². The normalized spacial score (nSPS) is 19.9. The molecule has 3 N–H and O–H groups in total. The van der Waals surface area contributed by atoms with Crippen LogP contribution in [0.4, 0.5) is 34.9 Å². The summed E-state index contributed by atoms with van der Waals surface area (Å²) in [5.41, 5.74) is 2.30. The van der Waals surface area contributed by atoms with Crippen LogP contribution in [0.2, 0.25) is 0 Å². The van der Waals surface area contributed by atoms with Crippen LogP contribution in [0.15, 0.2) is 72.8 Å². The number of rotatable bonds is 15. The van der Waals surface area contributed by atoms with E-state index in [0.29, 0.717) is 37.7 Å². The van der Waals surface area contributed by atoms with Crippen molar-refractivity contribution in [3.05, 3.63) is 72.8 Å². The molecule has 3 saturated heterocycles. The van der Waals surface area contributed by atoms with Crippen molar-refractivity contribution in [3.8, 4) is 17.2 Å². The first kappa shape index (κ1) is 26.3. The van der Waals surface area contributed by atoms with Gasteiger partial charge in [-0.25, -0.2) is 0 Å². The number of aromatic nitrogens is 3. The maximum absolute atomic E-state index is 5.83. The van der Waals surface area contributed by atoms with Crippen molar-refractivity contribution in [3.63, 3.8) is 0 Å². The zero-order valence-corrected chi connectivity index (χ0v) is 22.7. The molecule has 0 saturated carbocycles. The summed E-state index contributed by atoms with van der Waals surface area (Å²) < 4.78 is 33.2. The smallest absolute Gasteiger partial charge is 0.233 e. The Kier molecular flexibility index (Phi) is 7.55. The third-order valence-corrected chi connectivity index (χ3v) is 6.42. The van der Waals surface area contributed by atoms with E-state index in [1.165, 1.54) is 0 Å². The Balaban J connectivity index is 1.11. The average molecular weight is 571 g/mol. The van der Waals surface area contributed by atoms with Gasteiger partial charge in [0.2, 0.25) is 17.8 Å². The van der Waals surface area contributed by atoms with Gasteiger partial charge >= 0.3 is 0 Å². The molecule has 216 valence electrons. The first-order chi connectivity index (χ1) is 20.7. The fraction of sp³-hybridized carbons (Fsp3) is 0.300. The number of ether oxygens (including phenoxy) is 6. The number of nitrogens with one attached hydrogen (secondary N) is 3. The summed E-state index contributed by atoms with van der Waals surface area (Å²) in [6.45, 7) is 3.77. The highest BCUT2D eigenvalue weighted by atomic mass is 16.6. The highest BCUT2D eigenvalue weighted by molar-refractivity contribution is 5.63. The lowest BCUT2D eigenvalue weighted by atomic mass is 10.3. The van der Waals surface area contributed by atoms with Crippen LogP contribution in [0.3, 0.4) is 0 Å². The SMILES string of the molecule is c1cc(Nc2nc(Nc3cccc(OCC4CO4)c3)nc(Nc3cccc(OCC4CO4)c3)n2)cc(OCC2CO2)c1. The van der Waals surface area contributed by atoms with E-state index in [9.17, 15) is 0 Å². The molecule has 42 heavy (non-hydrogen) atoms. The molecule has 3 aromatic carbocycles. The van der Waals surface area contributed by atoms with Gasteiger partial charge in [0.05, 0.1) is 19.8 Å². The van der Waals surface area contributed by atoms with Crippen LogP contribution in [0, 0.1) is 0 Å². The molecule has 12 heteroatoms. The van der Waals surface area contributed by atoms with E-state index in [1.54, 1.807) is 0 Å². The zero-order chi connectivity index (χ0) is 28.1. The second kappa shape index (κ2) is 12.1.